The highest BCUT2D eigenvalue weighted by Crippen LogP contribution is 2.22. The van der Waals surface area contributed by atoms with Gasteiger partial charge in [-0.05, 0) is 67.1 Å². The van der Waals surface area contributed by atoms with Crippen LogP contribution in [0.15, 0.2) is 82.6 Å². The molecule has 0 atom stereocenters. The average Bonchev–Trinajstić information content (AvgIpc) is 2.93. The smallest absolute Gasteiger partial charge is 0.261 e. The van der Waals surface area contributed by atoms with E-state index >= 15 is 0 Å². The number of aryl methyl sites for hydroxylation is 1. The lowest BCUT2D eigenvalue weighted by atomic mass is 10.1. The second-order valence-electron chi connectivity index (χ2n) is 8.54. The van der Waals surface area contributed by atoms with Crippen molar-refractivity contribution in [3.05, 3.63) is 83.9 Å². The van der Waals surface area contributed by atoms with E-state index in [-0.39, 0.29) is 28.8 Å². The summed E-state index contributed by atoms with van der Waals surface area (Å²) >= 11 is 0. The fourth-order valence-corrected chi connectivity index (χ4v) is 6.36. The van der Waals surface area contributed by atoms with Crippen molar-refractivity contribution in [2.24, 2.45) is 0 Å². The zero-order chi connectivity index (χ0) is 27.2. The fourth-order valence-electron chi connectivity index (χ4n) is 3.80. The first-order valence-corrected chi connectivity index (χ1v) is 14.9. The number of morpholine rings is 1. The summed E-state index contributed by atoms with van der Waals surface area (Å²) in [6.07, 6.45) is 0. The molecule has 3 aromatic carbocycles. The number of anilines is 1. The van der Waals surface area contributed by atoms with Crippen molar-refractivity contribution in [2.45, 2.75) is 16.7 Å². The number of amides is 1. The van der Waals surface area contributed by atoms with Crippen LogP contribution in [0.5, 0.6) is 5.75 Å². The molecule has 2 N–H and O–H groups in total. The van der Waals surface area contributed by atoms with Gasteiger partial charge in [-0.3, -0.25) is 9.52 Å². The minimum Gasteiger partial charge on any atom is -0.492 e. The first kappa shape index (κ1) is 27.6. The first-order valence-electron chi connectivity index (χ1n) is 11.9. The summed E-state index contributed by atoms with van der Waals surface area (Å²) in [6, 6.07) is 18.9. The largest absolute Gasteiger partial charge is 0.492 e. The number of nitrogens with one attached hydrogen (secondary N) is 2. The van der Waals surface area contributed by atoms with E-state index in [1.807, 2.05) is 0 Å². The molecule has 1 amide bonds. The highest BCUT2D eigenvalue weighted by molar-refractivity contribution is 7.92. The van der Waals surface area contributed by atoms with Crippen LogP contribution in [0.4, 0.5) is 5.69 Å². The number of nitrogens with zero attached hydrogens (tertiary/aromatic N) is 1. The maximum Gasteiger partial charge on any atom is 0.261 e. The van der Waals surface area contributed by atoms with E-state index in [4.69, 9.17) is 9.47 Å². The van der Waals surface area contributed by atoms with Crippen LogP contribution in [-0.2, 0) is 24.8 Å². The standard InChI is InChI=1S/C26H29N3O7S2/c1-20-19-21(7-12-25(20)28-37(31,32)23-5-3-2-4-6-23)26(30)27-13-16-36-22-8-10-24(11-9-22)38(33,34)29-14-17-35-18-15-29/h2-12,19,28H,13-18H2,1H3,(H,27,30). The molecule has 1 aliphatic heterocycles. The molecule has 0 bridgehead atoms. The van der Waals surface area contributed by atoms with E-state index < -0.39 is 20.0 Å². The van der Waals surface area contributed by atoms with Gasteiger partial charge >= 0.3 is 0 Å². The molecule has 0 saturated carbocycles. The lowest BCUT2D eigenvalue weighted by molar-refractivity contribution is 0.0730. The van der Waals surface area contributed by atoms with Crippen LogP contribution in [0.3, 0.4) is 0 Å². The zero-order valence-electron chi connectivity index (χ0n) is 20.8. The van der Waals surface area contributed by atoms with Crippen LogP contribution in [0, 0.1) is 6.92 Å². The van der Waals surface area contributed by atoms with Gasteiger partial charge in [0.15, 0.2) is 0 Å². The van der Waals surface area contributed by atoms with Gasteiger partial charge in [-0.1, -0.05) is 18.2 Å². The zero-order valence-corrected chi connectivity index (χ0v) is 22.4. The number of carbonyl (C=O) groups excluding carboxylic acids is 1. The third kappa shape index (κ3) is 6.70. The van der Waals surface area contributed by atoms with Crippen LogP contribution in [-0.4, -0.2) is 66.5 Å². The van der Waals surface area contributed by atoms with E-state index in [1.54, 1.807) is 55.5 Å². The number of benzene rings is 3. The molecule has 0 spiro atoms. The number of hydrogen-bond donors (Lipinski definition) is 2. The molecule has 0 radical (unpaired) electrons. The Hall–Kier alpha value is -3.45. The summed E-state index contributed by atoms with van der Waals surface area (Å²) in [7, 11) is -7.31. The van der Waals surface area contributed by atoms with Gasteiger partial charge < -0.3 is 14.8 Å². The van der Waals surface area contributed by atoms with Crippen LogP contribution in [0.2, 0.25) is 0 Å². The lowest BCUT2D eigenvalue weighted by Crippen LogP contribution is -2.40. The van der Waals surface area contributed by atoms with Crippen LogP contribution in [0.1, 0.15) is 15.9 Å². The van der Waals surface area contributed by atoms with Crippen molar-refractivity contribution in [1.82, 2.24) is 9.62 Å². The van der Waals surface area contributed by atoms with E-state index in [9.17, 15) is 21.6 Å². The van der Waals surface area contributed by atoms with Gasteiger partial charge in [-0.25, -0.2) is 16.8 Å². The van der Waals surface area contributed by atoms with Gasteiger partial charge in [-0.15, -0.1) is 0 Å². The van der Waals surface area contributed by atoms with Gasteiger partial charge in [-0.2, -0.15) is 4.31 Å². The molecule has 12 heteroatoms. The molecule has 0 aromatic heterocycles. The molecular formula is C26H29N3O7S2. The Bertz CT molecular complexity index is 1470. The molecule has 0 unspecified atom stereocenters. The van der Waals surface area contributed by atoms with Crippen LogP contribution < -0.4 is 14.8 Å². The number of ether oxygens (including phenoxy) is 2. The van der Waals surface area contributed by atoms with Crippen molar-refractivity contribution in [3.63, 3.8) is 0 Å². The van der Waals surface area contributed by atoms with E-state index in [2.05, 4.69) is 10.0 Å². The third-order valence-corrected chi connectivity index (χ3v) is 9.17. The van der Waals surface area contributed by atoms with Crippen LogP contribution in [0.25, 0.3) is 0 Å². The number of carbonyl (C=O) groups is 1. The molecule has 38 heavy (non-hydrogen) atoms. The molecule has 1 fully saturated rings. The predicted molar refractivity (Wildman–Crippen MR) is 142 cm³/mol. The Morgan fingerprint density at radius 1 is 0.921 bits per heavy atom. The Labute approximate surface area is 222 Å². The van der Waals surface area contributed by atoms with Crippen molar-refractivity contribution in [1.29, 1.82) is 0 Å². The summed E-state index contributed by atoms with van der Waals surface area (Å²) in [5.41, 5.74) is 1.36. The quantitative estimate of drug-likeness (QED) is 0.365. The molecule has 10 nitrogen and oxygen atoms in total. The molecule has 202 valence electrons. The normalized spacial score (nSPS) is 14.6. The Morgan fingerprint density at radius 3 is 2.26 bits per heavy atom. The lowest BCUT2D eigenvalue weighted by Gasteiger charge is -2.26. The Kier molecular flexibility index (Phi) is 8.67. The van der Waals surface area contributed by atoms with Crippen molar-refractivity contribution >= 4 is 31.6 Å². The topological polar surface area (TPSA) is 131 Å². The van der Waals surface area contributed by atoms with Gasteiger partial charge in [0.05, 0.1) is 35.2 Å². The first-order chi connectivity index (χ1) is 18.2. The van der Waals surface area contributed by atoms with E-state index in [0.717, 1.165) is 0 Å². The number of sulfonamides is 2. The van der Waals surface area contributed by atoms with Gasteiger partial charge in [0.25, 0.3) is 15.9 Å². The predicted octanol–water partition coefficient (Wildman–Crippen LogP) is 2.63. The SMILES string of the molecule is Cc1cc(C(=O)NCCOc2ccc(S(=O)(=O)N3CCOCC3)cc2)ccc1NS(=O)(=O)c1ccccc1. The highest BCUT2D eigenvalue weighted by atomic mass is 32.2. The number of hydrogen-bond acceptors (Lipinski definition) is 7. The van der Waals surface area contributed by atoms with Gasteiger partial charge in [0, 0.05) is 18.7 Å². The summed E-state index contributed by atoms with van der Waals surface area (Å²) in [5.74, 6) is 0.146. The summed E-state index contributed by atoms with van der Waals surface area (Å²) in [5, 5.41) is 2.75. The molecule has 1 saturated heterocycles. The van der Waals surface area contributed by atoms with Crippen molar-refractivity contribution < 1.29 is 31.1 Å². The Morgan fingerprint density at radius 2 is 1.61 bits per heavy atom. The van der Waals surface area contributed by atoms with E-state index in [1.165, 1.54) is 28.6 Å². The minimum atomic E-state index is -3.74. The van der Waals surface area contributed by atoms with Gasteiger partial charge in [0.1, 0.15) is 12.4 Å². The second-order valence-corrected chi connectivity index (χ2v) is 12.2. The van der Waals surface area contributed by atoms with Crippen LogP contribution >= 0.6 is 0 Å². The molecule has 0 aliphatic carbocycles. The maximum atomic E-state index is 12.7. The van der Waals surface area contributed by atoms with Crippen molar-refractivity contribution in [2.75, 3.05) is 44.2 Å². The monoisotopic (exact) mass is 559 g/mol. The fraction of sp³-hybridized carbons (Fsp3) is 0.269. The number of rotatable bonds is 10. The molecule has 1 heterocycles. The summed E-state index contributed by atoms with van der Waals surface area (Å²) in [6.45, 7) is 3.51. The minimum absolute atomic E-state index is 0.148. The van der Waals surface area contributed by atoms with Crippen molar-refractivity contribution in [3.8, 4) is 5.75 Å². The summed E-state index contributed by atoms with van der Waals surface area (Å²) in [4.78, 5) is 12.9. The highest BCUT2D eigenvalue weighted by Gasteiger charge is 2.26. The average molecular weight is 560 g/mol. The van der Waals surface area contributed by atoms with E-state index in [0.29, 0.717) is 48.9 Å². The Balaban J connectivity index is 1.27. The second kappa shape index (κ2) is 11.9. The molecular weight excluding hydrogens is 530 g/mol. The molecule has 3 aromatic rings. The summed E-state index contributed by atoms with van der Waals surface area (Å²) < 4.78 is 65.3. The third-order valence-electron chi connectivity index (χ3n) is 5.87. The molecule has 4 rings (SSSR count). The van der Waals surface area contributed by atoms with Gasteiger partial charge in [0.2, 0.25) is 10.0 Å². The molecule has 1 aliphatic rings. The maximum absolute atomic E-state index is 12.7.